The Hall–Kier alpha value is -1.14. The molecule has 4 rings (SSSR count). The fourth-order valence-electron chi connectivity index (χ4n) is 4.59. The van der Waals surface area contributed by atoms with Gasteiger partial charge in [-0.15, -0.1) is 0 Å². The van der Waals surface area contributed by atoms with Crippen LogP contribution in [0.15, 0.2) is 0 Å². The van der Waals surface area contributed by atoms with Gasteiger partial charge in [-0.2, -0.15) is 0 Å². The lowest BCUT2D eigenvalue weighted by molar-refractivity contribution is -0.147. The summed E-state index contributed by atoms with van der Waals surface area (Å²) < 4.78 is 21.9. The lowest BCUT2D eigenvalue weighted by Gasteiger charge is -2.18. The molecule has 152 valence electrons. The first-order chi connectivity index (χ1) is 13.2. The molecular weight excluding hydrogens is 348 g/mol. The second-order valence-corrected chi connectivity index (χ2v) is 8.71. The minimum atomic E-state index is -0.153. The van der Waals surface area contributed by atoms with Crippen molar-refractivity contribution >= 4 is 11.9 Å². The van der Waals surface area contributed by atoms with Gasteiger partial charge in [0, 0.05) is 12.8 Å². The van der Waals surface area contributed by atoms with Gasteiger partial charge in [-0.3, -0.25) is 9.59 Å². The van der Waals surface area contributed by atoms with Crippen LogP contribution in [-0.4, -0.2) is 49.6 Å². The van der Waals surface area contributed by atoms with Crippen LogP contribution >= 0.6 is 0 Å². The maximum Gasteiger partial charge on any atom is 0.305 e. The van der Waals surface area contributed by atoms with E-state index in [1.807, 2.05) is 0 Å². The summed E-state index contributed by atoms with van der Waals surface area (Å²) in [4.78, 5) is 23.7. The van der Waals surface area contributed by atoms with Gasteiger partial charge in [-0.1, -0.05) is 6.42 Å². The predicted molar refractivity (Wildman–Crippen MR) is 97.0 cm³/mol. The Morgan fingerprint density at radius 1 is 0.704 bits per heavy atom. The summed E-state index contributed by atoms with van der Waals surface area (Å²) in [6, 6.07) is 0. The van der Waals surface area contributed by atoms with E-state index in [-0.39, 0.29) is 11.9 Å². The average Bonchev–Trinajstić information content (AvgIpc) is 3.54. The molecule has 6 unspecified atom stereocenters. The number of ether oxygens (including phenoxy) is 4. The van der Waals surface area contributed by atoms with Crippen LogP contribution in [0.1, 0.15) is 70.6 Å². The van der Waals surface area contributed by atoms with Crippen molar-refractivity contribution in [1.29, 1.82) is 0 Å². The standard InChI is InChI=1S/C21H32O6/c22-20(24-12-14-4-3-5-16-18(10-14)26-16)6-1-2-7-21(23)25-13-15-8-9-17-19(11-15)27-17/h14-19H,1-13H2. The van der Waals surface area contributed by atoms with Gasteiger partial charge in [-0.25, -0.2) is 0 Å². The highest BCUT2D eigenvalue weighted by molar-refractivity contribution is 5.70. The van der Waals surface area contributed by atoms with Crippen LogP contribution < -0.4 is 0 Å². The summed E-state index contributed by atoms with van der Waals surface area (Å²) in [5, 5.41) is 0. The summed E-state index contributed by atoms with van der Waals surface area (Å²) in [7, 11) is 0. The summed E-state index contributed by atoms with van der Waals surface area (Å²) in [6.45, 7) is 1.03. The molecule has 6 nitrogen and oxygen atoms in total. The number of rotatable bonds is 9. The van der Waals surface area contributed by atoms with E-state index in [2.05, 4.69) is 0 Å². The highest BCUT2D eigenvalue weighted by Gasteiger charge is 2.44. The molecule has 27 heavy (non-hydrogen) atoms. The molecule has 2 saturated carbocycles. The molecule has 4 aliphatic rings. The van der Waals surface area contributed by atoms with E-state index in [1.54, 1.807) is 0 Å². The molecule has 2 aliphatic heterocycles. The van der Waals surface area contributed by atoms with Gasteiger partial charge in [0.15, 0.2) is 0 Å². The molecule has 0 aromatic carbocycles. The van der Waals surface area contributed by atoms with Crippen molar-refractivity contribution in [2.24, 2.45) is 11.8 Å². The van der Waals surface area contributed by atoms with Gasteiger partial charge in [0.1, 0.15) is 0 Å². The van der Waals surface area contributed by atoms with Crippen molar-refractivity contribution in [2.45, 2.75) is 95.0 Å². The molecular formula is C21H32O6. The first-order valence-electron chi connectivity index (χ1n) is 10.8. The zero-order valence-electron chi connectivity index (χ0n) is 16.1. The summed E-state index contributed by atoms with van der Waals surface area (Å²) >= 11 is 0. The quantitative estimate of drug-likeness (QED) is 0.347. The maximum atomic E-state index is 11.9. The first-order valence-corrected chi connectivity index (χ1v) is 10.8. The Labute approximate surface area is 161 Å². The number of epoxide rings is 2. The molecule has 4 fully saturated rings. The number of hydrogen-bond donors (Lipinski definition) is 0. The van der Waals surface area contributed by atoms with Crippen LogP contribution in [0.5, 0.6) is 0 Å². The summed E-state index contributed by atoms with van der Waals surface area (Å²) in [5.41, 5.74) is 0. The fraction of sp³-hybridized carbons (Fsp3) is 0.905. The third-order valence-corrected chi connectivity index (χ3v) is 6.44. The van der Waals surface area contributed by atoms with Gasteiger partial charge in [-0.05, 0) is 63.2 Å². The molecule has 6 heteroatoms. The van der Waals surface area contributed by atoms with Gasteiger partial charge >= 0.3 is 11.9 Å². The minimum absolute atomic E-state index is 0.151. The number of unbranched alkanes of at least 4 members (excludes halogenated alkanes) is 1. The lowest BCUT2D eigenvalue weighted by atomic mass is 9.90. The number of esters is 2. The Morgan fingerprint density at radius 3 is 1.89 bits per heavy atom. The van der Waals surface area contributed by atoms with E-state index < -0.39 is 0 Å². The topological polar surface area (TPSA) is 77.7 Å². The smallest absolute Gasteiger partial charge is 0.305 e. The third kappa shape index (κ3) is 5.92. The monoisotopic (exact) mass is 380 g/mol. The fourth-order valence-corrected chi connectivity index (χ4v) is 4.59. The van der Waals surface area contributed by atoms with Crippen LogP contribution in [0, 0.1) is 11.8 Å². The van der Waals surface area contributed by atoms with Crippen LogP contribution in [0.3, 0.4) is 0 Å². The number of hydrogen-bond acceptors (Lipinski definition) is 6. The molecule has 0 spiro atoms. The zero-order valence-corrected chi connectivity index (χ0v) is 16.1. The normalized spacial score (nSPS) is 36.7. The van der Waals surface area contributed by atoms with E-state index in [0.29, 0.717) is 75.1 Å². The van der Waals surface area contributed by atoms with Crippen LogP contribution in [0.2, 0.25) is 0 Å². The molecule has 2 saturated heterocycles. The highest BCUT2D eigenvalue weighted by atomic mass is 16.6. The second-order valence-electron chi connectivity index (χ2n) is 8.71. The van der Waals surface area contributed by atoms with Crippen LogP contribution in [-0.2, 0) is 28.5 Å². The average molecular weight is 380 g/mol. The van der Waals surface area contributed by atoms with Crippen molar-refractivity contribution < 1.29 is 28.5 Å². The van der Waals surface area contributed by atoms with Gasteiger partial charge in [0.25, 0.3) is 0 Å². The van der Waals surface area contributed by atoms with Gasteiger partial charge in [0.2, 0.25) is 0 Å². The van der Waals surface area contributed by atoms with Gasteiger partial charge in [0.05, 0.1) is 37.6 Å². The van der Waals surface area contributed by atoms with E-state index in [1.165, 1.54) is 6.42 Å². The largest absolute Gasteiger partial charge is 0.465 e. The first kappa shape index (κ1) is 19.2. The van der Waals surface area contributed by atoms with Gasteiger partial charge < -0.3 is 18.9 Å². The van der Waals surface area contributed by atoms with E-state index in [4.69, 9.17) is 18.9 Å². The lowest BCUT2D eigenvalue weighted by Crippen LogP contribution is -2.20. The predicted octanol–water partition coefficient (Wildman–Crippen LogP) is 3.16. The molecule has 0 bridgehead atoms. The molecule has 0 N–H and O–H groups in total. The number of carbonyl (C=O) groups excluding carboxylic acids is 2. The van der Waals surface area contributed by atoms with Crippen molar-refractivity contribution in [1.82, 2.24) is 0 Å². The van der Waals surface area contributed by atoms with E-state index in [0.717, 1.165) is 38.5 Å². The SMILES string of the molecule is O=C(CCCCC(=O)OCC1CCC2OC2C1)OCC1CCCC2OC2C1. The van der Waals surface area contributed by atoms with E-state index >= 15 is 0 Å². The molecule has 0 radical (unpaired) electrons. The van der Waals surface area contributed by atoms with Crippen molar-refractivity contribution in [3.63, 3.8) is 0 Å². The minimum Gasteiger partial charge on any atom is -0.465 e. The van der Waals surface area contributed by atoms with Crippen molar-refractivity contribution in [2.75, 3.05) is 13.2 Å². The maximum absolute atomic E-state index is 11.9. The molecule has 0 aromatic heterocycles. The number of carbonyl (C=O) groups is 2. The Kier molecular flexibility index (Phi) is 6.33. The zero-order chi connectivity index (χ0) is 18.6. The Morgan fingerprint density at radius 2 is 1.26 bits per heavy atom. The summed E-state index contributed by atoms with van der Waals surface area (Å²) in [6.07, 6.45) is 11.6. The molecule has 2 aliphatic carbocycles. The second kappa shape index (κ2) is 8.91. The third-order valence-electron chi connectivity index (χ3n) is 6.44. The molecule has 6 atom stereocenters. The highest BCUT2D eigenvalue weighted by Crippen LogP contribution is 2.39. The summed E-state index contributed by atoms with van der Waals surface area (Å²) in [5.74, 6) is 0.590. The van der Waals surface area contributed by atoms with Crippen molar-refractivity contribution in [3.05, 3.63) is 0 Å². The van der Waals surface area contributed by atoms with Crippen molar-refractivity contribution in [3.8, 4) is 0 Å². The van der Waals surface area contributed by atoms with E-state index in [9.17, 15) is 9.59 Å². The van der Waals surface area contributed by atoms with Crippen LogP contribution in [0.4, 0.5) is 0 Å². The number of fused-ring (bicyclic) bond motifs is 2. The Bertz CT molecular complexity index is 535. The molecule has 0 aromatic rings. The van der Waals surface area contributed by atoms with Crippen LogP contribution in [0.25, 0.3) is 0 Å². The molecule has 2 heterocycles. The Balaban J connectivity index is 1.00. The molecule has 0 amide bonds.